The first kappa shape index (κ1) is 16.1. The van der Waals surface area contributed by atoms with E-state index in [1.165, 1.54) is 0 Å². The Morgan fingerprint density at radius 3 is 2.23 bits per heavy atom. The van der Waals surface area contributed by atoms with Crippen LogP contribution in [0.3, 0.4) is 0 Å². The lowest BCUT2D eigenvalue weighted by atomic mass is 10.0. The van der Waals surface area contributed by atoms with E-state index in [1.807, 2.05) is 0 Å². The highest BCUT2D eigenvalue weighted by atomic mass is 19.4. The molecule has 0 aliphatic carbocycles. The van der Waals surface area contributed by atoms with Gasteiger partial charge >= 0.3 is 12.5 Å². The van der Waals surface area contributed by atoms with Crippen LogP contribution in [0.2, 0.25) is 0 Å². The van der Waals surface area contributed by atoms with E-state index in [1.54, 1.807) is 0 Å². The number of nitrogens with zero attached hydrogens (tertiary/aromatic N) is 1. The van der Waals surface area contributed by atoms with E-state index >= 15 is 0 Å². The fourth-order valence-corrected chi connectivity index (χ4v) is 1.73. The fourth-order valence-electron chi connectivity index (χ4n) is 1.73. The van der Waals surface area contributed by atoms with Crippen molar-refractivity contribution in [2.24, 2.45) is 0 Å². The number of hydrogen-bond donors (Lipinski definition) is 0. The van der Waals surface area contributed by atoms with Gasteiger partial charge < -0.3 is 4.74 Å². The number of rotatable bonds is 2. The van der Waals surface area contributed by atoms with Crippen LogP contribution in [-0.4, -0.2) is 11.3 Å². The summed E-state index contributed by atoms with van der Waals surface area (Å²) in [5.41, 5.74) is -2.48. The molecule has 2 aromatic rings. The van der Waals surface area contributed by atoms with E-state index in [0.29, 0.717) is 0 Å². The molecule has 0 bridgehead atoms. The average Bonchev–Trinajstić information content (AvgIpc) is 2.35. The molecule has 0 unspecified atom stereocenters. The molecule has 0 saturated carbocycles. The smallest absolute Gasteiger partial charge is 0.406 e. The predicted molar refractivity (Wildman–Crippen MR) is 61.3 cm³/mol. The molecule has 22 heavy (non-hydrogen) atoms. The highest BCUT2D eigenvalue weighted by Gasteiger charge is 2.37. The maximum absolute atomic E-state index is 13.9. The Morgan fingerprint density at radius 2 is 1.64 bits per heavy atom. The van der Waals surface area contributed by atoms with E-state index in [-0.39, 0.29) is 5.56 Å². The second-order valence-electron chi connectivity index (χ2n) is 4.09. The maximum atomic E-state index is 13.9. The van der Waals surface area contributed by atoms with E-state index in [9.17, 15) is 30.7 Å². The Hall–Kier alpha value is -2.32. The Kier molecular flexibility index (Phi) is 3.99. The van der Waals surface area contributed by atoms with Crippen molar-refractivity contribution in [3.05, 3.63) is 48.0 Å². The Balaban J connectivity index is 2.47. The SMILES string of the molecule is Fc1c(-c2cccc(OC(F)(F)F)c2)ccnc1C(F)(F)F. The lowest BCUT2D eigenvalue weighted by Crippen LogP contribution is -2.17. The van der Waals surface area contributed by atoms with Gasteiger partial charge in [-0.2, -0.15) is 13.2 Å². The minimum atomic E-state index is -5.01. The van der Waals surface area contributed by atoms with Gasteiger partial charge in [-0.25, -0.2) is 9.37 Å². The second-order valence-corrected chi connectivity index (χ2v) is 4.09. The van der Waals surface area contributed by atoms with Crippen molar-refractivity contribution in [1.29, 1.82) is 0 Å². The molecule has 0 amide bonds. The highest BCUT2D eigenvalue weighted by Crippen LogP contribution is 2.35. The van der Waals surface area contributed by atoms with Gasteiger partial charge in [-0.3, -0.25) is 0 Å². The molecule has 0 radical (unpaired) electrons. The van der Waals surface area contributed by atoms with E-state index in [2.05, 4.69) is 9.72 Å². The minimum Gasteiger partial charge on any atom is -0.406 e. The predicted octanol–water partition coefficient (Wildman–Crippen LogP) is 4.81. The van der Waals surface area contributed by atoms with Crippen LogP contribution in [0.15, 0.2) is 36.5 Å². The van der Waals surface area contributed by atoms with Crippen molar-refractivity contribution >= 4 is 0 Å². The third kappa shape index (κ3) is 3.66. The standard InChI is InChI=1S/C13H6F7NO/c14-10-9(4-5-21-11(10)12(15,16)17)7-2-1-3-8(6-7)22-13(18,19)20/h1-6H. The number of alkyl halides is 6. The van der Waals surface area contributed by atoms with Crippen LogP contribution in [0.25, 0.3) is 11.1 Å². The minimum absolute atomic E-state index is 0.202. The molecule has 2 nitrogen and oxygen atoms in total. The molecule has 9 heteroatoms. The van der Waals surface area contributed by atoms with Crippen LogP contribution in [0.5, 0.6) is 5.75 Å². The van der Waals surface area contributed by atoms with Crippen molar-refractivity contribution < 1.29 is 35.5 Å². The number of halogens is 7. The molecular weight excluding hydrogens is 319 g/mol. The molecule has 0 aliphatic heterocycles. The molecule has 1 aromatic heterocycles. The van der Waals surface area contributed by atoms with Crippen molar-refractivity contribution in [1.82, 2.24) is 4.98 Å². The molecule has 0 fully saturated rings. The molecule has 2 rings (SSSR count). The highest BCUT2D eigenvalue weighted by molar-refractivity contribution is 5.66. The van der Waals surface area contributed by atoms with Gasteiger partial charge in [-0.05, 0) is 23.8 Å². The first-order valence-electron chi connectivity index (χ1n) is 5.66. The Bertz CT molecular complexity index is 679. The largest absolute Gasteiger partial charge is 0.573 e. The van der Waals surface area contributed by atoms with Crippen LogP contribution in [0.4, 0.5) is 30.7 Å². The normalized spacial score (nSPS) is 12.3. The van der Waals surface area contributed by atoms with Gasteiger partial charge in [0.2, 0.25) is 0 Å². The summed E-state index contributed by atoms with van der Waals surface area (Å²) in [5, 5.41) is 0. The van der Waals surface area contributed by atoms with Gasteiger partial charge in [0.1, 0.15) is 5.75 Å². The first-order chi connectivity index (χ1) is 10.1. The summed E-state index contributed by atoms with van der Waals surface area (Å²) < 4.78 is 91.6. The summed E-state index contributed by atoms with van der Waals surface area (Å²) in [6, 6.07) is 4.91. The van der Waals surface area contributed by atoms with Crippen molar-refractivity contribution in [2.45, 2.75) is 12.5 Å². The lowest BCUT2D eigenvalue weighted by molar-refractivity contribution is -0.274. The Labute approximate surface area is 119 Å². The summed E-state index contributed by atoms with van der Waals surface area (Å²) in [4.78, 5) is 2.91. The average molecular weight is 325 g/mol. The molecule has 1 aromatic carbocycles. The first-order valence-corrected chi connectivity index (χ1v) is 5.66. The van der Waals surface area contributed by atoms with Crippen LogP contribution in [0, 0.1) is 5.82 Å². The van der Waals surface area contributed by atoms with Gasteiger partial charge in [0.15, 0.2) is 11.5 Å². The summed E-state index contributed by atoms with van der Waals surface area (Å²) in [6.07, 6.45) is -9.26. The van der Waals surface area contributed by atoms with Crippen LogP contribution >= 0.6 is 0 Å². The summed E-state index contributed by atoms with van der Waals surface area (Å²) in [7, 11) is 0. The third-order valence-electron chi connectivity index (χ3n) is 2.54. The third-order valence-corrected chi connectivity index (χ3v) is 2.54. The van der Waals surface area contributed by atoms with Crippen molar-refractivity contribution in [3.63, 3.8) is 0 Å². The molecule has 0 atom stereocenters. The number of ether oxygens (including phenoxy) is 1. The molecule has 0 aliphatic rings. The number of benzene rings is 1. The Morgan fingerprint density at radius 1 is 0.955 bits per heavy atom. The second kappa shape index (κ2) is 5.47. The zero-order chi connectivity index (χ0) is 16.5. The van der Waals surface area contributed by atoms with Crippen molar-refractivity contribution in [2.75, 3.05) is 0 Å². The van der Waals surface area contributed by atoms with Crippen LogP contribution < -0.4 is 4.74 Å². The molecule has 0 saturated heterocycles. The van der Waals surface area contributed by atoms with Gasteiger partial charge in [-0.1, -0.05) is 12.1 Å². The van der Waals surface area contributed by atoms with Gasteiger partial charge in [-0.15, -0.1) is 13.2 Å². The molecular formula is C13H6F7NO. The fraction of sp³-hybridized carbons (Fsp3) is 0.154. The number of aromatic nitrogens is 1. The van der Waals surface area contributed by atoms with Gasteiger partial charge in [0, 0.05) is 11.8 Å². The summed E-state index contributed by atoms with van der Waals surface area (Å²) in [5.74, 6) is -2.34. The zero-order valence-corrected chi connectivity index (χ0v) is 10.5. The topological polar surface area (TPSA) is 22.1 Å². The quantitative estimate of drug-likeness (QED) is 0.740. The van der Waals surface area contributed by atoms with Gasteiger partial charge in [0.25, 0.3) is 0 Å². The molecule has 0 spiro atoms. The van der Waals surface area contributed by atoms with E-state index in [4.69, 9.17) is 0 Å². The molecule has 0 N–H and O–H groups in total. The number of hydrogen-bond acceptors (Lipinski definition) is 2. The monoisotopic (exact) mass is 325 g/mol. The summed E-state index contributed by atoms with van der Waals surface area (Å²) >= 11 is 0. The molecule has 118 valence electrons. The van der Waals surface area contributed by atoms with Gasteiger partial charge in [0.05, 0.1) is 0 Å². The van der Waals surface area contributed by atoms with E-state index < -0.39 is 35.4 Å². The number of pyridine rings is 1. The zero-order valence-electron chi connectivity index (χ0n) is 10.5. The van der Waals surface area contributed by atoms with E-state index in [0.717, 1.165) is 36.5 Å². The van der Waals surface area contributed by atoms with Crippen LogP contribution in [0.1, 0.15) is 5.69 Å². The van der Waals surface area contributed by atoms with Crippen molar-refractivity contribution in [3.8, 4) is 16.9 Å². The maximum Gasteiger partial charge on any atom is 0.573 e. The summed E-state index contributed by atoms with van der Waals surface area (Å²) in [6.45, 7) is 0. The molecule has 1 heterocycles. The lowest BCUT2D eigenvalue weighted by Gasteiger charge is -2.12. The van der Waals surface area contributed by atoms with Crippen LogP contribution in [-0.2, 0) is 6.18 Å².